The summed E-state index contributed by atoms with van der Waals surface area (Å²) in [6.07, 6.45) is 3.84. The van der Waals surface area contributed by atoms with E-state index in [0.717, 1.165) is 39.0 Å². The number of hydrogen-bond donors (Lipinski definition) is 1. The van der Waals surface area contributed by atoms with E-state index in [-0.39, 0.29) is 11.6 Å². The van der Waals surface area contributed by atoms with Crippen LogP contribution in [0, 0.1) is 0 Å². The van der Waals surface area contributed by atoms with E-state index in [1.165, 1.54) is 5.69 Å². The van der Waals surface area contributed by atoms with Gasteiger partial charge in [0, 0.05) is 38.1 Å². The van der Waals surface area contributed by atoms with Crippen LogP contribution in [0.3, 0.4) is 0 Å². The van der Waals surface area contributed by atoms with Crippen LogP contribution >= 0.6 is 0 Å². The van der Waals surface area contributed by atoms with Gasteiger partial charge in [0.2, 0.25) is 0 Å². The Morgan fingerprint density at radius 1 is 1.29 bits per heavy atom. The van der Waals surface area contributed by atoms with Gasteiger partial charge in [0.05, 0.1) is 5.54 Å². The molecule has 1 amide bonds. The highest BCUT2D eigenvalue weighted by molar-refractivity contribution is 5.68. The van der Waals surface area contributed by atoms with Crippen molar-refractivity contribution in [2.45, 2.75) is 51.3 Å². The second kappa shape index (κ2) is 5.05. The standard InChI is InChI=1S/C16H25N3O2/c1-15(2,3)21-14(20)19-10-6-16(7-11-19)13-5-4-9-18(13)12-8-17-16/h4-5,9,17H,6-8,10-12H2,1-3H3. The third-order valence-corrected chi connectivity index (χ3v) is 4.40. The molecule has 0 aromatic carbocycles. The molecular weight excluding hydrogens is 266 g/mol. The molecule has 1 spiro atoms. The fourth-order valence-corrected chi connectivity index (χ4v) is 3.38. The van der Waals surface area contributed by atoms with Crippen LogP contribution in [0.2, 0.25) is 0 Å². The first-order valence-corrected chi connectivity index (χ1v) is 7.78. The van der Waals surface area contributed by atoms with Gasteiger partial charge in [-0.1, -0.05) is 0 Å². The highest BCUT2D eigenvalue weighted by Crippen LogP contribution is 2.35. The van der Waals surface area contributed by atoms with Crippen LogP contribution < -0.4 is 5.32 Å². The number of nitrogens with zero attached hydrogens (tertiary/aromatic N) is 2. The largest absolute Gasteiger partial charge is 0.444 e. The van der Waals surface area contributed by atoms with Crippen molar-refractivity contribution in [3.63, 3.8) is 0 Å². The third-order valence-electron chi connectivity index (χ3n) is 4.40. The van der Waals surface area contributed by atoms with E-state index in [0.29, 0.717) is 0 Å². The van der Waals surface area contributed by atoms with Crippen molar-refractivity contribution in [2.75, 3.05) is 19.6 Å². The zero-order chi connectivity index (χ0) is 15.1. The summed E-state index contributed by atoms with van der Waals surface area (Å²) in [5.74, 6) is 0. The van der Waals surface area contributed by atoms with Crippen LogP contribution in [0.25, 0.3) is 0 Å². The summed E-state index contributed by atoms with van der Waals surface area (Å²) in [6.45, 7) is 9.23. The zero-order valence-corrected chi connectivity index (χ0v) is 13.2. The number of carbonyl (C=O) groups is 1. The van der Waals surface area contributed by atoms with Crippen LogP contribution in [-0.2, 0) is 16.8 Å². The molecular formula is C16H25N3O2. The molecule has 116 valence electrons. The molecule has 1 fully saturated rings. The van der Waals surface area contributed by atoms with E-state index in [9.17, 15) is 4.79 Å². The Morgan fingerprint density at radius 3 is 2.67 bits per heavy atom. The molecule has 3 rings (SSSR count). The second-order valence-electron chi connectivity index (χ2n) is 7.06. The normalized spacial score (nSPS) is 21.2. The molecule has 5 nitrogen and oxygen atoms in total. The molecule has 1 N–H and O–H groups in total. The molecule has 1 saturated heterocycles. The van der Waals surface area contributed by atoms with Gasteiger partial charge in [-0.25, -0.2) is 4.79 Å². The monoisotopic (exact) mass is 291 g/mol. The number of carbonyl (C=O) groups excluding carboxylic acids is 1. The summed E-state index contributed by atoms with van der Waals surface area (Å²) < 4.78 is 7.80. The highest BCUT2D eigenvalue weighted by atomic mass is 16.6. The summed E-state index contributed by atoms with van der Waals surface area (Å²) >= 11 is 0. The zero-order valence-electron chi connectivity index (χ0n) is 13.2. The maximum absolute atomic E-state index is 12.2. The molecule has 2 aliphatic heterocycles. The second-order valence-corrected chi connectivity index (χ2v) is 7.06. The average Bonchev–Trinajstić information content (AvgIpc) is 2.87. The number of nitrogens with one attached hydrogen (secondary N) is 1. The smallest absolute Gasteiger partial charge is 0.410 e. The lowest BCUT2D eigenvalue weighted by atomic mass is 9.83. The minimum atomic E-state index is -0.427. The van der Waals surface area contributed by atoms with Crippen molar-refractivity contribution in [1.29, 1.82) is 0 Å². The van der Waals surface area contributed by atoms with Crippen LogP contribution in [0.15, 0.2) is 18.3 Å². The van der Waals surface area contributed by atoms with E-state index >= 15 is 0 Å². The molecule has 0 atom stereocenters. The Balaban J connectivity index is 1.68. The Bertz CT molecular complexity index is 522. The number of ether oxygens (including phenoxy) is 1. The third kappa shape index (κ3) is 2.79. The fourth-order valence-electron chi connectivity index (χ4n) is 3.38. The average molecular weight is 291 g/mol. The van der Waals surface area contributed by atoms with Crippen LogP contribution in [0.4, 0.5) is 4.79 Å². The topological polar surface area (TPSA) is 46.5 Å². The summed E-state index contributed by atoms with van der Waals surface area (Å²) in [4.78, 5) is 14.0. The predicted octanol–water partition coefficient (Wildman–Crippen LogP) is 2.32. The molecule has 0 unspecified atom stereocenters. The number of aromatic nitrogens is 1. The predicted molar refractivity (Wildman–Crippen MR) is 81.2 cm³/mol. The van der Waals surface area contributed by atoms with Crippen molar-refractivity contribution < 1.29 is 9.53 Å². The summed E-state index contributed by atoms with van der Waals surface area (Å²) in [7, 11) is 0. The molecule has 0 bridgehead atoms. The number of piperidine rings is 1. The molecule has 0 saturated carbocycles. The Labute approximate surface area is 126 Å². The van der Waals surface area contributed by atoms with Gasteiger partial charge in [0.15, 0.2) is 0 Å². The van der Waals surface area contributed by atoms with E-state index in [1.807, 2.05) is 25.7 Å². The number of likely N-dealkylation sites (tertiary alicyclic amines) is 1. The van der Waals surface area contributed by atoms with E-state index in [4.69, 9.17) is 4.74 Å². The van der Waals surface area contributed by atoms with Gasteiger partial charge in [0.25, 0.3) is 0 Å². The van der Waals surface area contributed by atoms with Crippen molar-refractivity contribution in [1.82, 2.24) is 14.8 Å². The first kappa shape index (κ1) is 14.4. The molecule has 2 aliphatic rings. The number of amides is 1. The van der Waals surface area contributed by atoms with Gasteiger partial charge in [-0.15, -0.1) is 0 Å². The van der Waals surface area contributed by atoms with E-state index in [1.54, 1.807) is 0 Å². The van der Waals surface area contributed by atoms with Gasteiger partial charge < -0.3 is 19.5 Å². The Kier molecular flexibility index (Phi) is 3.48. The van der Waals surface area contributed by atoms with Gasteiger partial charge in [-0.2, -0.15) is 0 Å². The molecule has 1 aromatic rings. The van der Waals surface area contributed by atoms with E-state index in [2.05, 4.69) is 28.2 Å². The number of hydrogen-bond acceptors (Lipinski definition) is 3. The summed E-state index contributed by atoms with van der Waals surface area (Å²) in [5, 5.41) is 3.68. The van der Waals surface area contributed by atoms with Crippen LogP contribution in [0.1, 0.15) is 39.3 Å². The first-order chi connectivity index (χ1) is 9.90. The molecule has 1 aromatic heterocycles. The van der Waals surface area contributed by atoms with Crippen LogP contribution in [-0.4, -0.2) is 40.8 Å². The molecule has 0 aliphatic carbocycles. The fraction of sp³-hybridized carbons (Fsp3) is 0.688. The Hall–Kier alpha value is -1.49. The lowest BCUT2D eigenvalue weighted by Gasteiger charge is -2.45. The van der Waals surface area contributed by atoms with Crippen LogP contribution in [0.5, 0.6) is 0 Å². The molecule has 3 heterocycles. The van der Waals surface area contributed by atoms with E-state index < -0.39 is 5.60 Å². The number of rotatable bonds is 0. The lowest BCUT2D eigenvalue weighted by molar-refractivity contribution is 0.0129. The summed E-state index contributed by atoms with van der Waals surface area (Å²) in [6, 6.07) is 4.32. The van der Waals surface area contributed by atoms with Gasteiger partial charge in [0.1, 0.15) is 5.60 Å². The Morgan fingerprint density at radius 2 is 2.00 bits per heavy atom. The molecule has 5 heteroatoms. The minimum Gasteiger partial charge on any atom is -0.444 e. The minimum absolute atomic E-state index is 0.0280. The van der Waals surface area contributed by atoms with Crippen molar-refractivity contribution >= 4 is 6.09 Å². The number of fused-ring (bicyclic) bond motifs is 2. The highest BCUT2D eigenvalue weighted by Gasteiger charge is 2.41. The first-order valence-electron chi connectivity index (χ1n) is 7.78. The van der Waals surface area contributed by atoms with Crippen molar-refractivity contribution in [2.24, 2.45) is 0 Å². The molecule has 0 radical (unpaired) electrons. The van der Waals surface area contributed by atoms with Gasteiger partial charge in [-0.3, -0.25) is 0 Å². The maximum atomic E-state index is 12.2. The van der Waals surface area contributed by atoms with Gasteiger partial charge in [-0.05, 0) is 45.7 Å². The maximum Gasteiger partial charge on any atom is 0.410 e. The van der Waals surface area contributed by atoms with Gasteiger partial charge >= 0.3 is 6.09 Å². The molecule has 21 heavy (non-hydrogen) atoms. The summed E-state index contributed by atoms with van der Waals surface area (Å²) in [5.41, 5.74) is 0.960. The quantitative estimate of drug-likeness (QED) is 0.798. The SMILES string of the molecule is CC(C)(C)OC(=O)N1CCC2(CC1)NCCn1cccc12. The lowest BCUT2D eigenvalue weighted by Crippen LogP contribution is -2.56. The van der Waals surface area contributed by atoms with Crippen molar-refractivity contribution in [3.8, 4) is 0 Å². The van der Waals surface area contributed by atoms with Crippen molar-refractivity contribution in [3.05, 3.63) is 24.0 Å².